The molecule has 4 rings (SSSR count). The van der Waals surface area contributed by atoms with Gasteiger partial charge in [0.1, 0.15) is 5.82 Å². The van der Waals surface area contributed by atoms with E-state index in [0.29, 0.717) is 32.6 Å². The number of hydrogen-bond donors (Lipinski definition) is 0. The van der Waals surface area contributed by atoms with E-state index in [2.05, 4.69) is 4.98 Å². The van der Waals surface area contributed by atoms with Crippen molar-refractivity contribution in [3.05, 3.63) is 65.7 Å². The Kier molecular flexibility index (Phi) is 6.61. The van der Waals surface area contributed by atoms with Crippen LogP contribution in [0.25, 0.3) is 0 Å². The van der Waals surface area contributed by atoms with Crippen LogP contribution in [0.15, 0.2) is 48.7 Å². The van der Waals surface area contributed by atoms with E-state index in [1.165, 1.54) is 12.1 Å². The first kappa shape index (κ1) is 21.4. The summed E-state index contributed by atoms with van der Waals surface area (Å²) in [4.78, 5) is 36.1. The van der Waals surface area contributed by atoms with Crippen LogP contribution < -0.4 is 0 Å². The Labute approximate surface area is 182 Å². The molecule has 1 aromatic heterocycles. The van der Waals surface area contributed by atoms with Crippen LogP contribution in [0, 0.1) is 5.82 Å². The molecular formula is C24H29FN4O2. The van der Waals surface area contributed by atoms with Gasteiger partial charge in [0, 0.05) is 32.3 Å². The fourth-order valence-corrected chi connectivity index (χ4v) is 4.79. The molecule has 2 aliphatic heterocycles. The van der Waals surface area contributed by atoms with Crippen molar-refractivity contribution >= 4 is 11.8 Å². The van der Waals surface area contributed by atoms with Crippen LogP contribution in [0.2, 0.25) is 0 Å². The number of hydrogen-bond acceptors (Lipinski definition) is 4. The molecule has 0 aliphatic carbocycles. The van der Waals surface area contributed by atoms with Crippen molar-refractivity contribution in [1.29, 1.82) is 0 Å². The van der Waals surface area contributed by atoms with E-state index in [1.807, 2.05) is 39.9 Å². The fourth-order valence-electron chi connectivity index (χ4n) is 4.79. The molecule has 0 radical (unpaired) electrons. The third kappa shape index (κ3) is 5.10. The summed E-state index contributed by atoms with van der Waals surface area (Å²) in [6, 6.07) is 12.2. The molecule has 2 amide bonds. The average molecular weight is 425 g/mol. The summed E-state index contributed by atoms with van der Waals surface area (Å²) in [5.41, 5.74) is 1.85. The lowest BCUT2D eigenvalue weighted by atomic mass is 10.0. The molecule has 0 spiro atoms. The predicted octanol–water partition coefficient (Wildman–Crippen LogP) is 2.83. The lowest BCUT2D eigenvalue weighted by Crippen LogP contribution is -2.48. The highest BCUT2D eigenvalue weighted by atomic mass is 19.1. The van der Waals surface area contributed by atoms with E-state index in [0.717, 1.165) is 30.5 Å². The van der Waals surface area contributed by atoms with Crippen LogP contribution in [0.1, 0.15) is 36.9 Å². The molecule has 7 heteroatoms. The van der Waals surface area contributed by atoms with Gasteiger partial charge in [-0.05, 0) is 56.1 Å². The second kappa shape index (κ2) is 9.56. The third-order valence-corrected chi connectivity index (χ3v) is 6.27. The summed E-state index contributed by atoms with van der Waals surface area (Å²) in [6.45, 7) is 2.07. The molecule has 2 atom stereocenters. The van der Waals surface area contributed by atoms with Crippen molar-refractivity contribution in [1.82, 2.24) is 19.7 Å². The number of nitrogens with zero attached hydrogens (tertiary/aromatic N) is 4. The number of carbonyl (C=O) groups is 2. The zero-order valence-corrected chi connectivity index (χ0v) is 17.9. The van der Waals surface area contributed by atoms with Gasteiger partial charge in [0.05, 0.1) is 24.3 Å². The Morgan fingerprint density at radius 2 is 1.97 bits per heavy atom. The van der Waals surface area contributed by atoms with Crippen LogP contribution in [-0.2, 0) is 22.7 Å². The minimum Gasteiger partial charge on any atom is -0.336 e. The molecule has 3 heterocycles. The summed E-state index contributed by atoms with van der Waals surface area (Å²) in [5, 5.41) is 0. The van der Waals surface area contributed by atoms with Crippen molar-refractivity contribution in [2.45, 2.75) is 50.9 Å². The first-order chi connectivity index (χ1) is 15.0. The number of likely N-dealkylation sites (N-methyl/N-ethyl adjacent to an activating group) is 1. The Morgan fingerprint density at radius 3 is 2.71 bits per heavy atom. The number of rotatable bonds is 6. The van der Waals surface area contributed by atoms with Gasteiger partial charge in [-0.1, -0.05) is 18.2 Å². The number of aromatic nitrogens is 1. The van der Waals surface area contributed by atoms with Crippen LogP contribution in [0.3, 0.4) is 0 Å². The Bertz CT molecular complexity index is 906. The second-order valence-electron chi connectivity index (χ2n) is 8.54. The molecule has 0 bridgehead atoms. The molecule has 2 aromatic rings. The number of fused-ring (bicyclic) bond motifs is 1. The van der Waals surface area contributed by atoms with Gasteiger partial charge in [-0.15, -0.1) is 0 Å². The Morgan fingerprint density at radius 1 is 1.16 bits per heavy atom. The van der Waals surface area contributed by atoms with Gasteiger partial charge in [-0.3, -0.25) is 19.5 Å². The highest BCUT2D eigenvalue weighted by Gasteiger charge is 2.43. The quantitative estimate of drug-likeness (QED) is 0.716. The maximum Gasteiger partial charge on any atom is 0.237 e. The van der Waals surface area contributed by atoms with Gasteiger partial charge >= 0.3 is 0 Å². The molecule has 0 N–H and O–H groups in total. The molecule has 6 nitrogen and oxygen atoms in total. The van der Waals surface area contributed by atoms with Crippen LogP contribution in [-0.4, -0.2) is 63.7 Å². The van der Waals surface area contributed by atoms with Crippen molar-refractivity contribution in [3.8, 4) is 0 Å². The van der Waals surface area contributed by atoms with Crippen LogP contribution in [0.5, 0.6) is 0 Å². The predicted molar refractivity (Wildman–Crippen MR) is 115 cm³/mol. The first-order valence-electron chi connectivity index (χ1n) is 10.9. The number of halogens is 1. The standard InChI is InChI=1S/C24H29FN4O2/c1-27(16-20-5-2-3-13-26-20)17-24(31)28-14-12-22-21(28)6-4-7-23(30)29(22)15-18-8-10-19(25)11-9-18/h2-3,5,8-11,13,21-22H,4,6-7,12,14-17H2,1H3/t21-,22-/m1/s1. The van der Waals surface area contributed by atoms with E-state index in [-0.39, 0.29) is 29.7 Å². The Hall–Kier alpha value is -2.80. The largest absolute Gasteiger partial charge is 0.336 e. The summed E-state index contributed by atoms with van der Waals surface area (Å²) in [6.07, 6.45) is 4.66. The minimum atomic E-state index is -0.281. The fraction of sp³-hybridized carbons (Fsp3) is 0.458. The summed E-state index contributed by atoms with van der Waals surface area (Å²) in [7, 11) is 1.93. The highest BCUT2D eigenvalue weighted by molar-refractivity contribution is 5.80. The average Bonchev–Trinajstić information content (AvgIpc) is 3.11. The van der Waals surface area contributed by atoms with Gasteiger partial charge in [-0.2, -0.15) is 0 Å². The van der Waals surface area contributed by atoms with E-state index >= 15 is 0 Å². The highest BCUT2D eigenvalue weighted by Crippen LogP contribution is 2.32. The zero-order valence-electron chi connectivity index (χ0n) is 17.9. The summed E-state index contributed by atoms with van der Waals surface area (Å²) in [5.74, 6) is -0.0586. The zero-order chi connectivity index (χ0) is 21.8. The number of amides is 2. The number of benzene rings is 1. The van der Waals surface area contributed by atoms with Gasteiger partial charge < -0.3 is 9.80 Å². The van der Waals surface area contributed by atoms with Crippen LogP contribution >= 0.6 is 0 Å². The molecule has 2 fully saturated rings. The number of carbonyl (C=O) groups excluding carboxylic acids is 2. The SMILES string of the molecule is CN(CC(=O)N1CC[C@@H]2[C@H]1CCCC(=O)N2Cc1ccc(F)cc1)Cc1ccccn1. The lowest BCUT2D eigenvalue weighted by Gasteiger charge is -2.34. The van der Waals surface area contributed by atoms with Crippen molar-refractivity contribution in [2.24, 2.45) is 0 Å². The van der Waals surface area contributed by atoms with Gasteiger partial charge in [-0.25, -0.2) is 4.39 Å². The van der Waals surface area contributed by atoms with Crippen molar-refractivity contribution < 1.29 is 14.0 Å². The maximum absolute atomic E-state index is 13.3. The molecule has 2 aliphatic rings. The molecule has 0 unspecified atom stereocenters. The smallest absolute Gasteiger partial charge is 0.237 e. The minimum absolute atomic E-state index is 0.0186. The topological polar surface area (TPSA) is 56.8 Å². The van der Waals surface area contributed by atoms with Crippen molar-refractivity contribution in [2.75, 3.05) is 20.1 Å². The normalized spacial score (nSPS) is 21.3. The maximum atomic E-state index is 13.3. The van der Waals surface area contributed by atoms with Gasteiger partial charge in [0.15, 0.2) is 0 Å². The molecule has 164 valence electrons. The van der Waals surface area contributed by atoms with Crippen molar-refractivity contribution in [3.63, 3.8) is 0 Å². The molecule has 31 heavy (non-hydrogen) atoms. The monoisotopic (exact) mass is 424 g/mol. The number of pyridine rings is 1. The van der Waals surface area contributed by atoms with E-state index in [1.54, 1.807) is 18.3 Å². The number of likely N-dealkylation sites (tertiary alicyclic amines) is 2. The molecule has 2 saturated heterocycles. The first-order valence-corrected chi connectivity index (χ1v) is 10.9. The molecule has 1 aromatic carbocycles. The molecular weight excluding hydrogens is 395 g/mol. The third-order valence-electron chi connectivity index (χ3n) is 6.27. The van der Waals surface area contributed by atoms with E-state index in [9.17, 15) is 14.0 Å². The second-order valence-corrected chi connectivity index (χ2v) is 8.54. The summed E-state index contributed by atoms with van der Waals surface area (Å²) < 4.78 is 13.3. The van der Waals surface area contributed by atoms with Gasteiger partial charge in [0.2, 0.25) is 11.8 Å². The van der Waals surface area contributed by atoms with E-state index in [4.69, 9.17) is 0 Å². The van der Waals surface area contributed by atoms with Crippen LogP contribution in [0.4, 0.5) is 4.39 Å². The van der Waals surface area contributed by atoms with Gasteiger partial charge in [0.25, 0.3) is 0 Å². The molecule has 0 saturated carbocycles. The van der Waals surface area contributed by atoms with E-state index < -0.39 is 0 Å². The Balaban J connectivity index is 1.42. The summed E-state index contributed by atoms with van der Waals surface area (Å²) >= 11 is 0. The lowest BCUT2D eigenvalue weighted by molar-refractivity contribution is -0.136.